The third-order valence-electron chi connectivity index (χ3n) is 7.22. The lowest BCUT2D eigenvalue weighted by atomic mass is 9.94. The summed E-state index contributed by atoms with van der Waals surface area (Å²) in [7, 11) is 2.09. The SMILES string of the molecule is CC.CC.CN1C2COCC1CC(=O)C2.Cc1ccc(SN2CCN(c3ncc(C(O)(C(F)(F)F)C(F)(F)F)cn3)CC2)cn1. The quantitative estimate of drug-likeness (QED) is 0.336. The second-order valence-electron chi connectivity index (χ2n) is 10.1. The number of pyridine rings is 1. The van der Waals surface area contributed by atoms with Crippen LogP contribution in [0.3, 0.4) is 0 Å². The molecule has 2 bridgehead atoms. The fraction of sp³-hybridized carbons (Fsp3) is 0.655. The van der Waals surface area contributed by atoms with Gasteiger partial charge in [-0.15, -0.1) is 0 Å². The molecule has 2 unspecified atom stereocenters. The number of halogens is 6. The molecule has 2 atom stereocenters. The number of morpholine rings is 1. The monoisotopic (exact) mass is 668 g/mol. The summed E-state index contributed by atoms with van der Waals surface area (Å²) in [4.78, 5) is 27.5. The molecule has 3 fully saturated rings. The average Bonchev–Trinajstić information content (AvgIpc) is 3.00. The highest BCUT2D eigenvalue weighted by Crippen LogP contribution is 2.49. The minimum Gasteiger partial charge on any atom is -0.378 e. The number of Topliss-reactive ketones (excluding diaryl/α,β-unsaturated/α-hetero) is 1. The molecule has 0 radical (unpaired) electrons. The van der Waals surface area contributed by atoms with Crippen LogP contribution in [-0.2, 0) is 15.1 Å². The van der Waals surface area contributed by atoms with E-state index in [-0.39, 0.29) is 5.95 Å². The first-order chi connectivity index (χ1) is 21.2. The number of aromatic nitrogens is 3. The van der Waals surface area contributed by atoms with Crippen molar-refractivity contribution in [2.75, 3.05) is 51.3 Å². The van der Waals surface area contributed by atoms with Gasteiger partial charge in [0.1, 0.15) is 5.78 Å². The van der Waals surface area contributed by atoms with E-state index >= 15 is 0 Å². The number of carbonyl (C=O) groups is 1. The molecule has 5 rings (SSSR count). The number of anilines is 1. The molecule has 2 aromatic heterocycles. The van der Waals surface area contributed by atoms with E-state index < -0.39 is 23.5 Å². The van der Waals surface area contributed by atoms with Gasteiger partial charge in [0.2, 0.25) is 5.95 Å². The van der Waals surface area contributed by atoms with Gasteiger partial charge >= 0.3 is 12.4 Å². The third kappa shape index (κ3) is 9.73. The highest BCUT2D eigenvalue weighted by Gasteiger charge is 2.71. The van der Waals surface area contributed by atoms with Crippen LogP contribution in [-0.4, -0.2) is 106 Å². The maximum atomic E-state index is 12.9. The van der Waals surface area contributed by atoms with Crippen LogP contribution in [0.2, 0.25) is 0 Å². The Balaban J connectivity index is 0.000000388. The van der Waals surface area contributed by atoms with Crippen LogP contribution in [0, 0.1) is 6.92 Å². The second-order valence-corrected chi connectivity index (χ2v) is 11.2. The van der Waals surface area contributed by atoms with Gasteiger partial charge in [0.25, 0.3) is 5.60 Å². The number of ketones is 1. The number of piperazine rings is 1. The fourth-order valence-electron chi connectivity index (χ4n) is 4.68. The Morgan fingerprint density at radius 2 is 1.36 bits per heavy atom. The Morgan fingerprint density at radius 3 is 1.80 bits per heavy atom. The lowest BCUT2D eigenvalue weighted by Gasteiger charge is -2.42. The molecule has 16 heteroatoms. The number of likely N-dealkylation sites (N-methyl/N-ethyl adjacent to an activating group) is 1. The van der Waals surface area contributed by atoms with Crippen molar-refractivity contribution in [3.63, 3.8) is 0 Å². The van der Waals surface area contributed by atoms with Gasteiger partial charge in [0.05, 0.1) is 13.2 Å². The van der Waals surface area contributed by atoms with E-state index in [2.05, 4.69) is 31.2 Å². The van der Waals surface area contributed by atoms with Crippen LogP contribution in [0.25, 0.3) is 0 Å². The summed E-state index contributed by atoms with van der Waals surface area (Å²) in [5.74, 6) is 0.397. The van der Waals surface area contributed by atoms with Crippen molar-refractivity contribution < 1.29 is 41.0 Å². The number of hydrogen-bond donors (Lipinski definition) is 1. The number of fused-ring (bicyclic) bond motifs is 2. The van der Waals surface area contributed by atoms with Crippen molar-refractivity contribution in [1.29, 1.82) is 0 Å². The number of piperidine rings is 1. The number of carbonyl (C=O) groups excluding carboxylic acids is 1. The fourth-order valence-corrected chi connectivity index (χ4v) is 5.56. The lowest BCUT2D eigenvalue weighted by Crippen LogP contribution is -2.55. The predicted octanol–water partition coefficient (Wildman–Crippen LogP) is 5.42. The van der Waals surface area contributed by atoms with Crippen molar-refractivity contribution in [3.8, 4) is 0 Å². The minimum atomic E-state index is -5.97. The summed E-state index contributed by atoms with van der Waals surface area (Å²) in [5, 5.41) is 9.39. The highest BCUT2D eigenvalue weighted by molar-refractivity contribution is 7.97. The molecule has 3 saturated heterocycles. The smallest absolute Gasteiger partial charge is 0.378 e. The zero-order chi connectivity index (χ0) is 34.0. The third-order valence-corrected chi connectivity index (χ3v) is 8.29. The Bertz CT molecular complexity index is 1150. The molecule has 0 aliphatic carbocycles. The van der Waals surface area contributed by atoms with Gasteiger partial charge in [-0.3, -0.25) is 14.7 Å². The van der Waals surface area contributed by atoms with Crippen molar-refractivity contribution in [1.82, 2.24) is 24.2 Å². The maximum absolute atomic E-state index is 12.9. The lowest BCUT2D eigenvalue weighted by molar-refractivity contribution is -0.376. The Labute approximate surface area is 264 Å². The molecular weight excluding hydrogens is 626 g/mol. The van der Waals surface area contributed by atoms with Crippen molar-refractivity contribution in [3.05, 3.63) is 42.0 Å². The van der Waals surface area contributed by atoms with E-state index in [1.807, 2.05) is 46.8 Å². The summed E-state index contributed by atoms with van der Waals surface area (Å²) in [5.41, 5.74) is -5.62. The molecule has 3 aliphatic heterocycles. The first-order valence-electron chi connectivity index (χ1n) is 14.8. The Kier molecular flexibility index (Phi) is 14.5. The summed E-state index contributed by atoms with van der Waals surface area (Å²) >= 11 is 1.50. The second kappa shape index (κ2) is 16.9. The first-order valence-corrected chi connectivity index (χ1v) is 15.6. The molecule has 2 aromatic rings. The number of hydrogen-bond acceptors (Lipinski definition) is 10. The van der Waals surface area contributed by atoms with E-state index in [9.17, 15) is 36.2 Å². The van der Waals surface area contributed by atoms with Crippen molar-refractivity contribution in [2.45, 2.75) is 82.4 Å². The van der Waals surface area contributed by atoms with Crippen LogP contribution < -0.4 is 4.90 Å². The summed E-state index contributed by atoms with van der Waals surface area (Å²) in [6.07, 6.45) is -8.09. The van der Waals surface area contributed by atoms with Crippen molar-refractivity contribution >= 4 is 23.7 Å². The molecule has 5 heterocycles. The molecule has 9 nitrogen and oxygen atoms in total. The summed E-state index contributed by atoms with van der Waals surface area (Å²) in [6.45, 7) is 13.3. The van der Waals surface area contributed by atoms with Crippen LogP contribution in [0.15, 0.2) is 35.6 Å². The molecule has 45 heavy (non-hydrogen) atoms. The standard InChI is InChI=1S/C17H17F6N5OS.C8H13NO2.2C2H6/c1-11-2-3-13(10-24-11)30-28-6-4-27(5-7-28)14-25-8-12(9-26-14)15(29,16(18,19)20)17(21,22)23;1-9-6-2-8(10)3-7(9)5-11-4-6;2*1-2/h2-3,8-10,29H,4-7H2,1H3;6-7H,2-5H2,1H3;2*1-2H3. The van der Waals surface area contributed by atoms with E-state index in [4.69, 9.17) is 4.74 Å². The predicted molar refractivity (Wildman–Crippen MR) is 160 cm³/mol. The summed E-state index contributed by atoms with van der Waals surface area (Å²) in [6, 6.07) is 4.53. The molecule has 254 valence electrons. The van der Waals surface area contributed by atoms with Gasteiger partial charge < -0.3 is 14.7 Å². The maximum Gasteiger partial charge on any atom is 0.430 e. The van der Waals surface area contributed by atoms with Gasteiger partial charge in [0, 0.05) is 85.8 Å². The Morgan fingerprint density at radius 1 is 0.844 bits per heavy atom. The van der Waals surface area contributed by atoms with E-state index in [0.717, 1.165) is 23.8 Å². The summed E-state index contributed by atoms with van der Waals surface area (Å²) < 4.78 is 85.0. The van der Waals surface area contributed by atoms with Gasteiger partial charge in [0.15, 0.2) is 0 Å². The molecule has 1 N–H and O–H groups in total. The molecule has 0 amide bonds. The van der Waals surface area contributed by atoms with Crippen LogP contribution in [0.1, 0.15) is 51.8 Å². The number of aliphatic hydroxyl groups is 1. The average molecular weight is 669 g/mol. The minimum absolute atomic E-state index is 0.00731. The Hall–Kier alpha value is -2.53. The molecule has 3 aliphatic rings. The van der Waals surface area contributed by atoms with Gasteiger partial charge in [-0.25, -0.2) is 14.3 Å². The van der Waals surface area contributed by atoms with E-state index in [0.29, 0.717) is 69.3 Å². The molecule has 0 aromatic carbocycles. The van der Waals surface area contributed by atoms with Crippen molar-refractivity contribution in [2.24, 2.45) is 0 Å². The molecule has 0 spiro atoms. The molecule has 0 saturated carbocycles. The normalized spacial score (nSPS) is 21.0. The number of ether oxygens (including phenoxy) is 1. The van der Waals surface area contributed by atoms with E-state index in [1.54, 1.807) is 11.1 Å². The highest BCUT2D eigenvalue weighted by atomic mass is 32.2. The zero-order valence-corrected chi connectivity index (χ0v) is 27.1. The van der Waals surface area contributed by atoms with Gasteiger partial charge in [-0.05, 0) is 38.1 Å². The number of rotatable bonds is 4. The van der Waals surface area contributed by atoms with E-state index in [1.165, 1.54) is 11.9 Å². The first kappa shape index (κ1) is 38.7. The number of nitrogens with zero attached hydrogens (tertiary/aromatic N) is 6. The zero-order valence-electron chi connectivity index (χ0n) is 26.3. The van der Waals surface area contributed by atoms with Crippen LogP contribution >= 0.6 is 11.9 Å². The number of aryl methyl sites for hydroxylation is 1. The van der Waals surface area contributed by atoms with Gasteiger partial charge in [-0.1, -0.05) is 27.7 Å². The molecular formula is C29H42F6N6O3S. The van der Waals surface area contributed by atoms with Crippen LogP contribution in [0.4, 0.5) is 32.3 Å². The van der Waals surface area contributed by atoms with Gasteiger partial charge in [-0.2, -0.15) is 26.3 Å². The number of alkyl halides is 6. The van der Waals surface area contributed by atoms with Crippen LogP contribution in [0.5, 0.6) is 0 Å². The largest absolute Gasteiger partial charge is 0.430 e. The topological polar surface area (TPSA) is 94.9 Å².